The fraction of sp³-hybridized carbons (Fsp3) is 0.647. The maximum absolute atomic E-state index is 9.93. The van der Waals surface area contributed by atoms with E-state index in [0.717, 1.165) is 25.2 Å². The highest BCUT2D eigenvalue weighted by atomic mass is 16.3. The van der Waals surface area contributed by atoms with Crippen LogP contribution in [0.4, 0.5) is 0 Å². The van der Waals surface area contributed by atoms with Crippen molar-refractivity contribution in [2.45, 2.75) is 53.0 Å². The molecule has 2 heteroatoms. The minimum atomic E-state index is 0.438. The van der Waals surface area contributed by atoms with Crippen LogP contribution in [-0.2, 0) is 6.54 Å². The smallest absolute Gasteiger partial charge is 0.120 e. The Bertz CT molecular complexity index is 413. The number of phenolic OH excluding ortho intramolecular Hbond substituents is 1. The highest BCUT2D eigenvalue weighted by molar-refractivity contribution is 5.35. The first-order valence-electron chi connectivity index (χ1n) is 7.59. The summed E-state index contributed by atoms with van der Waals surface area (Å²) in [5, 5.41) is 9.93. The fourth-order valence-electron chi connectivity index (χ4n) is 3.22. The molecule has 2 rings (SSSR count). The number of likely N-dealkylation sites (tertiary alicyclic amines) is 1. The number of aromatic hydroxyl groups is 1. The molecular weight excluding hydrogens is 234 g/mol. The van der Waals surface area contributed by atoms with Crippen molar-refractivity contribution in [2.24, 2.45) is 5.41 Å². The molecule has 0 spiro atoms. The Morgan fingerprint density at radius 1 is 1.16 bits per heavy atom. The van der Waals surface area contributed by atoms with E-state index in [1.807, 2.05) is 12.1 Å². The van der Waals surface area contributed by atoms with Crippen molar-refractivity contribution in [3.05, 3.63) is 29.3 Å². The maximum atomic E-state index is 9.93. The number of phenols is 1. The zero-order valence-corrected chi connectivity index (χ0v) is 12.6. The third-order valence-corrected chi connectivity index (χ3v) is 5.05. The van der Waals surface area contributed by atoms with Gasteiger partial charge in [-0.05, 0) is 44.3 Å². The Morgan fingerprint density at radius 3 is 2.37 bits per heavy atom. The summed E-state index contributed by atoms with van der Waals surface area (Å²) >= 11 is 0. The number of rotatable bonds is 4. The number of hydrogen-bond donors (Lipinski definition) is 1. The molecule has 1 aromatic rings. The van der Waals surface area contributed by atoms with Crippen LogP contribution in [-0.4, -0.2) is 23.1 Å². The van der Waals surface area contributed by atoms with Gasteiger partial charge in [-0.25, -0.2) is 0 Å². The molecule has 1 fully saturated rings. The molecule has 0 bridgehead atoms. The van der Waals surface area contributed by atoms with Crippen LogP contribution in [0.1, 0.15) is 50.7 Å². The van der Waals surface area contributed by atoms with Gasteiger partial charge in [-0.15, -0.1) is 0 Å². The standard InChI is InChI=1S/C17H27NO/c1-4-17(5-2)8-10-18(11-9-17)13-15-12-14(3)6-7-16(15)19/h6-7,12,19H,4-5,8-11,13H2,1-3H3. The SMILES string of the molecule is CCC1(CC)CCN(Cc2cc(C)ccc2O)CC1. The van der Waals surface area contributed by atoms with Crippen molar-refractivity contribution >= 4 is 0 Å². The minimum Gasteiger partial charge on any atom is -0.508 e. The molecule has 106 valence electrons. The van der Waals surface area contributed by atoms with Crippen LogP contribution in [0.2, 0.25) is 0 Å². The summed E-state index contributed by atoms with van der Waals surface area (Å²) in [7, 11) is 0. The molecule has 1 N–H and O–H groups in total. The van der Waals surface area contributed by atoms with E-state index in [4.69, 9.17) is 0 Å². The Hall–Kier alpha value is -1.02. The normalized spacial score (nSPS) is 19.5. The molecule has 0 saturated carbocycles. The van der Waals surface area contributed by atoms with Crippen LogP contribution in [0.25, 0.3) is 0 Å². The van der Waals surface area contributed by atoms with Crippen LogP contribution in [0, 0.1) is 12.3 Å². The molecule has 0 unspecified atom stereocenters. The Labute approximate surface area is 117 Å². The van der Waals surface area contributed by atoms with Crippen molar-refractivity contribution in [3.63, 3.8) is 0 Å². The third kappa shape index (κ3) is 3.30. The molecule has 0 aliphatic carbocycles. The van der Waals surface area contributed by atoms with Gasteiger partial charge in [0.15, 0.2) is 0 Å². The van der Waals surface area contributed by atoms with E-state index >= 15 is 0 Å². The molecule has 1 aliphatic rings. The summed E-state index contributed by atoms with van der Waals surface area (Å²) in [6.45, 7) is 9.94. The monoisotopic (exact) mass is 261 g/mol. The van der Waals surface area contributed by atoms with E-state index in [2.05, 4.69) is 31.7 Å². The highest BCUT2D eigenvalue weighted by Gasteiger charge is 2.31. The number of benzene rings is 1. The average molecular weight is 261 g/mol. The van der Waals surface area contributed by atoms with Gasteiger partial charge in [0.2, 0.25) is 0 Å². The van der Waals surface area contributed by atoms with Crippen LogP contribution < -0.4 is 0 Å². The maximum Gasteiger partial charge on any atom is 0.120 e. The number of aryl methyl sites for hydroxylation is 1. The summed E-state index contributed by atoms with van der Waals surface area (Å²) < 4.78 is 0. The molecule has 19 heavy (non-hydrogen) atoms. The minimum absolute atomic E-state index is 0.438. The Morgan fingerprint density at radius 2 is 1.79 bits per heavy atom. The van der Waals surface area contributed by atoms with Gasteiger partial charge < -0.3 is 5.11 Å². The van der Waals surface area contributed by atoms with Crippen molar-refractivity contribution in [1.82, 2.24) is 4.90 Å². The van der Waals surface area contributed by atoms with Gasteiger partial charge in [0.25, 0.3) is 0 Å². The van der Waals surface area contributed by atoms with Crippen molar-refractivity contribution in [3.8, 4) is 5.75 Å². The summed E-state index contributed by atoms with van der Waals surface area (Å²) in [6, 6.07) is 5.89. The molecule has 0 amide bonds. The molecule has 1 aliphatic heterocycles. The van der Waals surface area contributed by atoms with Gasteiger partial charge in [-0.2, -0.15) is 0 Å². The van der Waals surface area contributed by atoms with Gasteiger partial charge in [-0.3, -0.25) is 4.90 Å². The molecule has 1 heterocycles. The van der Waals surface area contributed by atoms with Gasteiger partial charge in [0.1, 0.15) is 5.75 Å². The van der Waals surface area contributed by atoms with Crippen molar-refractivity contribution < 1.29 is 5.11 Å². The van der Waals surface area contributed by atoms with Crippen LogP contribution in [0.15, 0.2) is 18.2 Å². The molecule has 1 aromatic carbocycles. The topological polar surface area (TPSA) is 23.5 Å². The van der Waals surface area contributed by atoms with E-state index < -0.39 is 0 Å². The first kappa shape index (κ1) is 14.4. The zero-order valence-electron chi connectivity index (χ0n) is 12.6. The molecular formula is C17H27NO. The fourth-order valence-corrected chi connectivity index (χ4v) is 3.22. The van der Waals surface area contributed by atoms with E-state index in [1.54, 1.807) is 0 Å². The highest BCUT2D eigenvalue weighted by Crippen LogP contribution is 2.38. The zero-order chi connectivity index (χ0) is 13.9. The number of nitrogens with zero attached hydrogens (tertiary/aromatic N) is 1. The lowest BCUT2D eigenvalue weighted by Gasteiger charge is -2.41. The van der Waals surface area contributed by atoms with E-state index in [0.29, 0.717) is 11.2 Å². The first-order valence-corrected chi connectivity index (χ1v) is 7.59. The second-order valence-corrected chi connectivity index (χ2v) is 6.12. The van der Waals surface area contributed by atoms with Gasteiger partial charge in [-0.1, -0.05) is 44.4 Å². The van der Waals surface area contributed by atoms with E-state index in [9.17, 15) is 5.11 Å². The number of hydrogen-bond acceptors (Lipinski definition) is 2. The van der Waals surface area contributed by atoms with E-state index in [-0.39, 0.29) is 0 Å². The molecule has 0 radical (unpaired) electrons. The Balaban J connectivity index is 1.97. The summed E-state index contributed by atoms with van der Waals surface area (Å²) in [6.07, 6.45) is 5.19. The van der Waals surface area contributed by atoms with Crippen molar-refractivity contribution in [2.75, 3.05) is 13.1 Å². The van der Waals surface area contributed by atoms with Crippen molar-refractivity contribution in [1.29, 1.82) is 0 Å². The Kier molecular flexibility index (Phi) is 4.51. The first-order chi connectivity index (χ1) is 9.08. The lowest BCUT2D eigenvalue weighted by atomic mass is 9.74. The number of piperidine rings is 1. The van der Waals surface area contributed by atoms with Crippen LogP contribution in [0.5, 0.6) is 5.75 Å². The molecule has 0 atom stereocenters. The average Bonchev–Trinajstić information content (AvgIpc) is 2.44. The van der Waals surface area contributed by atoms with Crippen LogP contribution >= 0.6 is 0 Å². The predicted molar refractivity (Wildman–Crippen MR) is 80.4 cm³/mol. The summed E-state index contributed by atoms with van der Waals surface area (Å²) in [4.78, 5) is 2.48. The summed E-state index contributed by atoms with van der Waals surface area (Å²) in [5.41, 5.74) is 2.87. The van der Waals surface area contributed by atoms with Crippen LogP contribution in [0.3, 0.4) is 0 Å². The molecule has 1 saturated heterocycles. The lowest BCUT2D eigenvalue weighted by molar-refractivity contribution is 0.0904. The second-order valence-electron chi connectivity index (χ2n) is 6.12. The van der Waals surface area contributed by atoms with Gasteiger partial charge in [0, 0.05) is 12.1 Å². The second kappa shape index (κ2) is 5.96. The molecule has 2 nitrogen and oxygen atoms in total. The third-order valence-electron chi connectivity index (χ3n) is 5.05. The largest absolute Gasteiger partial charge is 0.508 e. The predicted octanol–water partition coefficient (Wildman–Crippen LogP) is 4.10. The van der Waals surface area contributed by atoms with Gasteiger partial charge >= 0.3 is 0 Å². The lowest BCUT2D eigenvalue weighted by Crippen LogP contribution is -2.39. The quantitative estimate of drug-likeness (QED) is 0.882. The molecule has 0 aromatic heterocycles. The van der Waals surface area contributed by atoms with Gasteiger partial charge in [0.05, 0.1) is 0 Å². The van der Waals surface area contributed by atoms with E-state index in [1.165, 1.54) is 31.2 Å². The summed E-state index contributed by atoms with van der Waals surface area (Å²) in [5.74, 6) is 0.438.